The molecule has 0 aliphatic heterocycles. The Morgan fingerprint density at radius 1 is 1.26 bits per heavy atom. The lowest BCUT2D eigenvalue weighted by atomic mass is 9.90. The quantitative estimate of drug-likeness (QED) is 0.722. The fourth-order valence-corrected chi connectivity index (χ4v) is 2.21. The molecule has 1 aromatic rings. The summed E-state index contributed by atoms with van der Waals surface area (Å²) in [4.78, 5) is 26.3. The van der Waals surface area contributed by atoms with Crippen molar-refractivity contribution in [3.63, 3.8) is 0 Å². The zero-order valence-corrected chi connectivity index (χ0v) is 10.4. The monoisotopic (exact) mass is 264 g/mol. The second-order valence-electron chi connectivity index (χ2n) is 4.39. The van der Waals surface area contributed by atoms with Crippen molar-refractivity contribution in [3.8, 4) is 0 Å². The van der Waals surface area contributed by atoms with Crippen LogP contribution in [0.4, 0.5) is 10.5 Å². The van der Waals surface area contributed by atoms with Gasteiger partial charge in [-0.05, 0) is 42.9 Å². The number of carbonyl (C=O) groups excluding carboxylic acids is 1. The van der Waals surface area contributed by atoms with Crippen LogP contribution in [0.25, 0.3) is 0 Å². The predicted octanol–water partition coefficient (Wildman–Crippen LogP) is 1.70. The highest BCUT2D eigenvalue weighted by atomic mass is 16.7. The van der Waals surface area contributed by atoms with E-state index in [9.17, 15) is 9.59 Å². The van der Waals surface area contributed by atoms with Gasteiger partial charge in [-0.2, -0.15) is 0 Å². The number of carboxylic acids is 1. The first-order chi connectivity index (χ1) is 9.16. The maximum Gasteiger partial charge on any atom is 0.343 e. The van der Waals surface area contributed by atoms with Gasteiger partial charge in [-0.3, -0.25) is 4.84 Å². The van der Waals surface area contributed by atoms with Crippen LogP contribution in [-0.2, 0) is 22.5 Å². The first-order valence-corrected chi connectivity index (χ1v) is 6.18. The van der Waals surface area contributed by atoms with Crippen molar-refractivity contribution >= 4 is 17.7 Å². The molecule has 0 aromatic heterocycles. The van der Waals surface area contributed by atoms with E-state index in [2.05, 4.69) is 16.2 Å². The predicted molar refractivity (Wildman–Crippen MR) is 68.8 cm³/mol. The van der Waals surface area contributed by atoms with Crippen LogP contribution in [0.1, 0.15) is 24.0 Å². The van der Waals surface area contributed by atoms with Crippen LogP contribution in [0.3, 0.4) is 0 Å². The summed E-state index contributed by atoms with van der Waals surface area (Å²) in [7, 11) is 0. The van der Waals surface area contributed by atoms with E-state index in [-0.39, 0.29) is 0 Å². The molecule has 6 nitrogen and oxygen atoms in total. The summed E-state index contributed by atoms with van der Waals surface area (Å²) in [5.41, 5.74) is 5.21. The molecule has 2 rings (SSSR count). The molecule has 6 heteroatoms. The van der Waals surface area contributed by atoms with Crippen molar-refractivity contribution in [2.45, 2.75) is 25.7 Å². The summed E-state index contributed by atoms with van der Waals surface area (Å²) in [6.07, 6.45) is 4.26. The minimum atomic E-state index is -1.14. The van der Waals surface area contributed by atoms with Crippen molar-refractivity contribution in [2.24, 2.45) is 0 Å². The molecule has 0 atom stereocenters. The van der Waals surface area contributed by atoms with E-state index in [0.29, 0.717) is 0 Å². The van der Waals surface area contributed by atoms with Crippen LogP contribution >= 0.6 is 0 Å². The van der Waals surface area contributed by atoms with Gasteiger partial charge in [0.25, 0.3) is 0 Å². The summed E-state index contributed by atoms with van der Waals surface area (Å²) >= 11 is 0. The Labute approximate surface area is 110 Å². The zero-order valence-electron chi connectivity index (χ0n) is 10.4. The Kier molecular flexibility index (Phi) is 4.35. The van der Waals surface area contributed by atoms with Crippen molar-refractivity contribution in [2.75, 3.05) is 11.9 Å². The number of aryl methyl sites for hydroxylation is 1. The number of rotatable bonds is 4. The highest BCUT2D eigenvalue weighted by Crippen LogP contribution is 2.27. The summed E-state index contributed by atoms with van der Waals surface area (Å²) in [5.74, 6) is -1.14. The molecule has 0 spiro atoms. The van der Waals surface area contributed by atoms with Crippen molar-refractivity contribution in [1.29, 1.82) is 0 Å². The van der Waals surface area contributed by atoms with Crippen LogP contribution in [0.2, 0.25) is 0 Å². The smallest absolute Gasteiger partial charge is 0.343 e. The van der Waals surface area contributed by atoms with E-state index in [4.69, 9.17) is 5.11 Å². The van der Waals surface area contributed by atoms with Crippen molar-refractivity contribution in [3.05, 3.63) is 29.3 Å². The summed E-state index contributed by atoms with van der Waals surface area (Å²) < 4.78 is 0. The van der Waals surface area contributed by atoms with E-state index in [1.165, 1.54) is 12.0 Å². The van der Waals surface area contributed by atoms with Gasteiger partial charge in [0.05, 0.1) is 0 Å². The number of hydroxylamine groups is 1. The minimum absolute atomic E-state index is 0.569. The molecule has 1 aliphatic carbocycles. The Bertz CT molecular complexity index is 488. The van der Waals surface area contributed by atoms with Crippen LogP contribution in [0.5, 0.6) is 0 Å². The maximum absolute atomic E-state index is 11.5. The molecule has 102 valence electrons. The molecule has 0 saturated heterocycles. The highest BCUT2D eigenvalue weighted by Gasteiger charge is 2.14. The number of urea groups is 1. The van der Waals surface area contributed by atoms with Gasteiger partial charge < -0.3 is 10.4 Å². The molecule has 0 fully saturated rings. The Hall–Kier alpha value is -2.08. The SMILES string of the molecule is O=C(O)CONC(=O)Nc1cccc2c1CCCC2. The first-order valence-electron chi connectivity index (χ1n) is 6.18. The summed E-state index contributed by atoms with van der Waals surface area (Å²) in [5, 5.41) is 11.1. The lowest BCUT2D eigenvalue weighted by molar-refractivity contribution is -0.143. The molecule has 0 bridgehead atoms. The van der Waals surface area contributed by atoms with Gasteiger partial charge in [-0.15, -0.1) is 0 Å². The van der Waals surface area contributed by atoms with Crippen molar-refractivity contribution < 1.29 is 19.5 Å². The third kappa shape index (κ3) is 3.69. The molecule has 2 amide bonds. The largest absolute Gasteiger partial charge is 0.479 e. The standard InChI is InChI=1S/C13H16N2O4/c16-12(17)8-19-15-13(18)14-11-7-3-5-9-4-1-2-6-10(9)11/h3,5,7H,1-2,4,6,8H2,(H,16,17)(H2,14,15,18). The molecule has 1 aromatic carbocycles. The number of carboxylic acid groups (broad SMARTS) is 1. The third-order valence-electron chi connectivity index (χ3n) is 3.00. The highest BCUT2D eigenvalue weighted by molar-refractivity contribution is 5.89. The van der Waals surface area contributed by atoms with Gasteiger partial charge in [-0.25, -0.2) is 15.1 Å². The lowest BCUT2D eigenvalue weighted by Gasteiger charge is -2.19. The molecule has 1 aliphatic rings. The summed E-state index contributed by atoms with van der Waals surface area (Å²) in [6.45, 7) is -0.569. The second-order valence-corrected chi connectivity index (χ2v) is 4.39. The lowest BCUT2D eigenvalue weighted by Crippen LogP contribution is -2.31. The number of amides is 2. The molecular formula is C13H16N2O4. The Morgan fingerprint density at radius 3 is 2.84 bits per heavy atom. The molecular weight excluding hydrogens is 248 g/mol. The Balaban J connectivity index is 1.95. The van der Waals surface area contributed by atoms with Crippen molar-refractivity contribution in [1.82, 2.24) is 5.48 Å². The van der Waals surface area contributed by atoms with Gasteiger partial charge in [-0.1, -0.05) is 12.1 Å². The number of benzene rings is 1. The van der Waals surface area contributed by atoms with Crippen LogP contribution in [-0.4, -0.2) is 23.7 Å². The Morgan fingerprint density at radius 2 is 2.05 bits per heavy atom. The molecule has 0 saturated carbocycles. The van der Waals surface area contributed by atoms with Gasteiger partial charge >= 0.3 is 12.0 Å². The maximum atomic E-state index is 11.5. The number of carbonyl (C=O) groups is 2. The number of hydrogen-bond donors (Lipinski definition) is 3. The molecule has 3 N–H and O–H groups in total. The van der Waals surface area contributed by atoms with E-state index >= 15 is 0 Å². The van der Waals surface area contributed by atoms with Gasteiger partial charge in [0.1, 0.15) is 0 Å². The second kappa shape index (κ2) is 6.19. The van der Waals surface area contributed by atoms with E-state index in [1.54, 1.807) is 0 Å². The molecule has 0 unspecified atom stereocenters. The number of anilines is 1. The van der Waals surface area contributed by atoms with E-state index in [0.717, 1.165) is 30.5 Å². The van der Waals surface area contributed by atoms with E-state index in [1.807, 2.05) is 17.6 Å². The van der Waals surface area contributed by atoms with Gasteiger partial charge in [0.2, 0.25) is 0 Å². The molecule has 0 heterocycles. The third-order valence-corrected chi connectivity index (χ3v) is 3.00. The topological polar surface area (TPSA) is 87.7 Å². The number of nitrogens with one attached hydrogen (secondary N) is 2. The fraction of sp³-hybridized carbons (Fsp3) is 0.385. The van der Waals surface area contributed by atoms with Crippen LogP contribution in [0, 0.1) is 0 Å². The number of fused-ring (bicyclic) bond motifs is 1. The normalized spacial score (nSPS) is 13.5. The van der Waals surface area contributed by atoms with Gasteiger partial charge in [0.15, 0.2) is 6.61 Å². The average molecular weight is 264 g/mol. The molecule has 0 radical (unpaired) electrons. The number of aliphatic carboxylic acids is 1. The summed E-state index contributed by atoms with van der Waals surface area (Å²) in [6, 6.07) is 5.23. The zero-order chi connectivity index (χ0) is 13.7. The van der Waals surface area contributed by atoms with Crippen LogP contribution in [0.15, 0.2) is 18.2 Å². The van der Waals surface area contributed by atoms with Crippen LogP contribution < -0.4 is 10.8 Å². The number of hydrogen-bond acceptors (Lipinski definition) is 3. The van der Waals surface area contributed by atoms with Gasteiger partial charge in [0, 0.05) is 5.69 Å². The van der Waals surface area contributed by atoms with E-state index < -0.39 is 18.6 Å². The first kappa shape index (κ1) is 13.4. The minimum Gasteiger partial charge on any atom is -0.479 e. The average Bonchev–Trinajstić information content (AvgIpc) is 2.39. The molecule has 19 heavy (non-hydrogen) atoms. The fourth-order valence-electron chi connectivity index (χ4n) is 2.21.